The summed E-state index contributed by atoms with van der Waals surface area (Å²) < 4.78 is 7.12. The Balaban J connectivity index is 1.76. The number of hydrogen-bond donors (Lipinski definition) is 2. The second kappa shape index (κ2) is 9.91. The van der Waals surface area contributed by atoms with E-state index >= 15 is 0 Å². The van der Waals surface area contributed by atoms with Gasteiger partial charge in [-0.25, -0.2) is 0 Å². The second-order valence-corrected chi connectivity index (χ2v) is 8.87. The molecule has 1 saturated heterocycles. The van der Waals surface area contributed by atoms with Crippen molar-refractivity contribution in [2.45, 2.75) is 32.0 Å². The van der Waals surface area contributed by atoms with Gasteiger partial charge in [-0.1, -0.05) is 17.7 Å². The maximum Gasteiger partial charge on any atom is 0.250 e. The third-order valence-corrected chi connectivity index (χ3v) is 6.18. The van der Waals surface area contributed by atoms with E-state index in [2.05, 4.69) is 51.2 Å². The van der Waals surface area contributed by atoms with Crippen molar-refractivity contribution in [3.05, 3.63) is 77.3 Å². The van der Waals surface area contributed by atoms with Crippen molar-refractivity contribution >= 4 is 46.2 Å². The fourth-order valence-electron chi connectivity index (χ4n) is 4.13. The quantitative estimate of drug-likeness (QED) is 0.467. The van der Waals surface area contributed by atoms with E-state index in [1.807, 2.05) is 36.4 Å². The van der Waals surface area contributed by atoms with E-state index in [9.17, 15) is 4.79 Å². The van der Waals surface area contributed by atoms with Gasteiger partial charge in [-0.15, -0.1) is 0 Å². The molecule has 0 spiro atoms. The summed E-state index contributed by atoms with van der Waals surface area (Å²) in [6, 6.07) is 15.5. The zero-order valence-corrected chi connectivity index (χ0v) is 20.2. The molecule has 7 nitrogen and oxygen atoms in total. The number of halogens is 1. The van der Waals surface area contributed by atoms with Crippen LogP contribution in [0.15, 0.2) is 60.9 Å². The molecule has 4 rings (SSSR count). The number of methoxy groups -OCH3 is 1. The number of carbonyl (C=O) groups excluding carboxylic acids is 1. The molecule has 2 atom stereocenters. The highest BCUT2D eigenvalue weighted by molar-refractivity contribution is 7.80. The van der Waals surface area contributed by atoms with Crippen LogP contribution >= 0.6 is 23.8 Å². The van der Waals surface area contributed by atoms with Crippen molar-refractivity contribution in [2.24, 2.45) is 0 Å². The van der Waals surface area contributed by atoms with Gasteiger partial charge in [0.05, 0.1) is 22.4 Å². The molecule has 2 aromatic heterocycles. The molecule has 0 saturated carbocycles. The molecule has 2 N–H and O–H groups in total. The highest BCUT2D eigenvalue weighted by Gasteiger charge is 2.42. The van der Waals surface area contributed by atoms with Gasteiger partial charge in [-0.3, -0.25) is 9.78 Å². The smallest absolute Gasteiger partial charge is 0.250 e. The molecule has 0 unspecified atom stereocenters. The van der Waals surface area contributed by atoms with Crippen LogP contribution in [0.1, 0.15) is 43.4 Å². The van der Waals surface area contributed by atoms with Crippen molar-refractivity contribution in [1.29, 1.82) is 0 Å². The third kappa shape index (κ3) is 4.73. The predicted octanol–water partition coefficient (Wildman–Crippen LogP) is 4.88. The van der Waals surface area contributed by atoms with Crippen LogP contribution in [-0.2, 0) is 9.53 Å². The van der Waals surface area contributed by atoms with Gasteiger partial charge >= 0.3 is 0 Å². The molecule has 3 heterocycles. The van der Waals surface area contributed by atoms with Gasteiger partial charge in [0.2, 0.25) is 5.91 Å². The number of rotatable bonds is 7. The standard InChI is InChI=1S/C24H26ClN5O2S/c1-15(2)29-12-6-8-20(29)23-22(19-7-4-5-11-26-19)28-24(33)30(23)16-9-10-18(17(25)13-16)27-21(31)14-32-3/h4-13,15,22-23H,14H2,1-3H3,(H,27,31)(H,28,33)/t22-,23+/m0/s1. The molecule has 1 aromatic carbocycles. The Hall–Kier alpha value is -2.94. The van der Waals surface area contributed by atoms with E-state index < -0.39 is 0 Å². The van der Waals surface area contributed by atoms with Crippen molar-refractivity contribution in [2.75, 3.05) is 23.9 Å². The van der Waals surface area contributed by atoms with Crippen molar-refractivity contribution in [3.63, 3.8) is 0 Å². The molecule has 1 aliphatic heterocycles. The molecule has 1 amide bonds. The Morgan fingerprint density at radius 2 is 2.09 bits per heavy atom. The van der Waals surface area contributed by atoms with E-state index in [4.69, 9.17) is 28.6 Å². The average molecular weight is 484 g/mol. The van der Waals surface area contributed by atoms with E-state index in [0.29, 0.717) is 15.8 Å². The number of nitrogens with one attached hydrogen (secondary N) is 2. The Morgan fingerprint density at radius 1 is 1.27 bits per heavy atom. The highest BCUT2D eigenvalue weighted by Crippen LogP contribution is 2.43. The minimum absolute atomic E-state index is 0.0434. The molecular formula is C24H26ClN5O2S. The minimum atomic E-state index is -0.270. The first kappa shape index (κ1) is 23.2. The fraction of sp³-hybridized carbons (Fsp3) is 0.292. The van der Waals surface area contributed by atoms with E-state index in [0.717, 1.165) is 17.1 Å². The lowest BCUT2D eigenvalue weighted by molar-refractivity contribution is -0.119. The summed E-state index contributed by atoms with van der Waals surface area (Å²) in [6.45, 7) is 4.26. The molecule has 0 radical (unpaired) electrons. The lowest BCUT2D eigenvalue weighted by Gasteiger charge is -2.30. The number of thiocarbonyl (C=S) groups is 1. The first-order valence-electron chi connectivity index (χ1n) is 10.7. The normalized spacial score (nSPS) is 18.0. The minimum Gasteiger partial charge on any atom is -0.375 e. The largest absolute Gasteiger partial charge is 0.375 e. The summed E-state index contributed by atoms with van der Waals surface area (Å²) >= 11 is 12.3. The predicted molar refractivity (Wildman–Crippen MR) is 135 cm³/mol. The first-order chi connectivity index (χ1) is 15.9. The molecule has 9 heteroatoms. The summed E-state index contributed by atoms with van der Waals surface area (Å²) in [5.74, 6) is -0.270. The number of hydrogen-bond acceptors (Lipinski definition) is 4. The zero-order chi connectivity index (χ0) is 23.5. The lowest BCUT2D eigenvalue weighted by Crippen LogP contribution is -2.30. The molecule has 0 bridgehead atoms. The molecule has 33 heavy (non-hydrogen) atoms. The van der Waals surface area contributed by atoms with Gasteiger partial charge in [0.25, 0.3) is 0 Å². The number of benzene rings is 1. The Bertz CT molecular complexity index is 1150. The zero-order valence-electron chi connectivity index (χ0n) is 18.7. The average Bonchev–Trinajstić information content (AvgIpc) is 3.40. The monoisotopic (exact) mass is 483 g/mol. The SMILES string of the molecule is COCC(=O)Nc1ccc(N2C(=S)N[C@@H](c3ccccn3)[C@H]2c2cccn2C(C)C)cc1Cl. The summed E-state index contributed by atoms with van der Waals surface area (Å²) in [4.78, 5) is 18.6. The Morgan fingerprint density at radius 3 is 2.76 bits per heavy atom. The van der Waals surface area contributed by atoms with Crippen LogP contribution in [0.2, 0.25) is 5.02 Å². The highest BCUT2D eigenvalue weighted by atomic mass is 35.5. The number of anilines is 2. The van der Waals surface area contributed by atoms with Crippen molar-refractivity contribution in [1.82, 2.24) is 14.9 Å². The summed E-state index contributed by atoms with van der Waals surface area (Å²) in [5.41, 5.74) is 3.35. The van der Waals surface area contributed by atoms with E-state index in [1.165, 1.54) is 7.11 Å². The number of ether oxygens (including phenoxy) is 1. The molecule has 0 aliphatic carbocycles. The van der Waals surface area contributed by atoms with E-state index in [-0.39, 0.29) is 30.6 Å². The summed E-state index contributed by atoms with van der Waals surface area (Å²) in [5, 5.41) is 7.22. The van der Waals surface area contributed by atoms with Gasteiger partial charge in [-0.2, -0.15) is 0 Å². The van der Waals surface area contributed by atoms with Gasteiger partial charge < -0.3 is 24.8 Å². The number of pyridine rings is 1. The van der Waals surface area contributed by atoms with E-state index in [1.54, 1.807) is 12.3 Å². The lowest BCUT2D eigenvalue weighted by atomic mass is 10.0. The number of carbonyl (C=O) groups is 1. The molecule has 1 aliphatic rings. The maximum atomic E-state index is 11.9. The van der Waals surface area contributed by atoms with Gasteiger partial charge in [0.1, 0.15) is 12.6 Å². The molecular weight excluding hydrogens is 458 g/mol. The van der Waals surface area contributed by atoms with Crippen LogP contribution in [0.4, 0.5) is 11.4 Å². The molecule has 172 valence electrons. The third-order valence-electron chi connectivity index (χ3n) is 5.55. The second-order valence-electron chi connectivity index (χ2n) is 8.08. The van der Waals surface area contributed by atoms with Crippen molar-refractivity contribution < 1.29 is 9.53 Å². The summed E-state index contributed by atoms with van der Waals surface area (Å²) in [7, 11) is 1.47. The van der Waals surface area contributed by atoms with Crippen LogP contribution < -0.4 is 15.5 Å². The van der Waals surface area contributed by atoms with Crippen LogP contribution in [-0.4, -0.2) is 34.3 Å². The maximum absolute atomic E-state index is 11.9. The van der Waals surface area contributed by atoms with Gasteiger partial charge in [0.15, 0.2) is 5.11 Å². The van der Waals surface area contributed by atoms with Crippen LogP contribution in [0.25, 0.3) is 0 Å². The Labute approximate surface area is 203 Å². The molecule has 3 aromatic rings. The summed E-state index contributed by atoms with van der Waals surface area (Å²) in [6.07, 6.45) is 3.87. The van der Waals surface area contributed by atoms with Gasteiger partial charge in [-0.05, 0) is 68.5 Å². The van der Waals surface area contributed by atoms with Crippen LogP contribution in [0, 0.1) is 0 Å². The topological polar surface area (TPSA) is 71.4 Å². The number of aromatic nitrogens is 2. The van der Waals surface area contributed by atoms with Crippen LogP contribution in [0.5, 0.6) is 0 Å². The van der Waals surface area contributed by atoms with Gasteiger partial charge in [0, 0.05) is 36.9 Å². The number of amides is 1. The Kier molecular flexibility index (Phi) is 6.97. The van der Waals surface area contributed by atoms with Crippen LogP contribution in [0.3, 0.4) is 0 Å². The number of nitrogens with zero attached hydrogens (tertiary/aromatic N) is 3. The molecule has 1 fully saturated rings. The van der Waals surface area contributed by atoms with Crippen molar-refractivity contribution in [3.8, 4) is 0 Å². The fourth-order valence-corrected chi connectivity index (χ4v) is 4.70. The first-order valence-corrected chi connectivity index (χ1v) is 11.4.